The minimum atomic E-state index is -3.76. The number of hydrazone groups is 1. The number of pyridine rings is 1. The van der Waals surface area contributed by atoms with Gasteiger partial charge in [-0.1, -0.05) is 85.8 Å². The Hall–Kier alpha value is -8.10. The Kier molecular flexibility index (Phi) is 15.6. The molecule has 0 radical (unpaired) electrons. The molecule has 418 valence electrons. The quantitative estimate of drug-likeness (QED) is 0.0513. The summed E-state index contributed by atoms with van der Waals surface area (Å²) in [5, 5.41) is 30.0. The van der Waals surface area contributed by atoms with Crippen molar-refractivity contribution in [2.24, 2.45) is 10.1 Å². The topological polar surface area (TPSA) is 219 Å². The number of rotatable bonds is 20. The second kappa shape index (κ2) is 22.6. The summed E-state index contributed by atoms with van der Waals surface area (Å²) in [6, 6.07) is 32.3. The molecule has 2 unspecified atom stereocenters. The molecule has 5 aromatic rings. The first kappa shape index (κ1) is 55.2. The number of carbonyl (C=O) groups is 5. The molecule has 18 nitrogen and oxygen atoms in total. The van der Waals surface area contributed by atoms with Gasteiger partial charge in [0.15, 0.2) is 17.2 Å². The van der Waals surface area contributed by atoms with E-state index in [-0.39, 0.29) is 60.0 Å². The second-order valence-electron chi connectivity index (χ2n) is 21.8. The van der Waals surface area contributed by atoms with Gasteiger partial charge >= 0.3 is 6.29 Å². The SMILES string of the molecule is Cc1ccc(NC(=O)C2(c3ccc4c(c3)OC(F)(F)O4)CC2)nc1-c1cccc(C(=O)NCCCCNC(=O)CNCc2ccc(C3(C)C4N=CN(CC5(O)CCN(C(=O)C[C@@H](C)c6ccccc6)CC5)C(=O)C4=NN3C)cc2)c1. The Bertz CT molecular complexity index is 3240. The lowest BCUT2D eigenvalue weighted by molar-refractivity contribution is -0.286. The number of nitrogens with one attached hydrogen (secondary N) is 4. The fraction of sp³-hybridized carbons (Fsp3) is 0.400. The van der Waals surface area contributed by atoms with Crippen LogP contribution < -0.4 is 30.7 Å². The van der Waals surface area contributed by atoms with Crippen molar-refractivity contribution in [3.8, 4) is 22.8 Å². The number of aryl methyl sites for hydroxylation is 1. The van der Waals surface area contributed by atoms with Crippen molar-refractivity contribution in [2.45, 2.75) is 107 Å². The van der Waals surface area contributed by atoms with Crippen LogP contribution in [0.4, 0.5) is 14.6 Å². The van der Waals surface area contributed by atoms with Crippen LogP contribution in [0.15, 0.2) is 119 Å². The van der Waals surface area contributed by atoms with E-state index in [2.05, 4.69) is 35.8 Å². The fourth-order valence-electron chi connectivity index (χ4n) is 11.0. The molecule has 20 heteroatoms. The number of piperidine rings is 1. The molecule has 1 aliphatic carbocycles. The van der Waals surface area contributed by atoms with Crippen molar-refractivity contribution in [1.82, 2.24) is 35.7 Å². The number of benzene rings is 4. The summed E-state index contributed by atoms with van der Waals surface area (Å²) >= 11 is 0. The minimum absolute atomic E-state index is 0.0551. The van der Waals surface area contributed by atoms with E-state index in [1.807, 2.05) is 94.5 Å². The third kappa shape index (κ3) is 11.8. The zero-order valence-electron chi connectivity index (χ0n) is 45.3. The van der Waals surface area contributed by atoms with Gasteiger partial charge in [-0.15, -0.1) is 8.78 Å². The van der Waals surface area contributed by atoms with Crippen molar-refractivity contribution in [1.29, 1.82) is 0 Å². The second-order valence-corrected chi connectivity index (χ2v) is 21.8. The summed E-state index contributed by atoms with van der Waals surface area (Å²) in [7, 11) is 1.82. The first-order valence-corrected chi connectivity index (χ1v) is 27.2. The highest BCUT2D eigenvalue weighted by molar-refractivity contribution is 6.44. The molecule has 1 saturated heterocycles. The molecule has 3 atom stereocenters. The Balaban J connectivity index is 0.627. The molecule has 2 fully saturated rings. The van der Waals surface area contributed by atoms with Crippen molar-refractivity contribution < 1.29 is 47.3 Å². The predicted octanol–water partition coefficient (Wildman–Crippen LogP) is 6.77. The number of amides is 5. The number of likely N-dealkylation sites (N-methyl/N-ethyl adjacent to an activating group) is 1. The van der Waals surface area contributed by atoms with Crippen molar-refractivity contribution in [2.75, 3.05) is 51.6 Å². The van der Waals surface area contributed by atoms with E-state index in [1.54, 1.807) is 40.2 Å². The van der Waals surface area contributed by atoms with Crippen LogP contribution >= 0.6 is 0 Å². The number of hydrogen-bond donors (Lipinski definition) is 5. The average molecular weight is 1090 g/mol. The van der Waals surface area contributed by atoms with Gasteiger partial charge in [-0.2, -0.15) is 5.10 Å². The number of nitrogens with zero attached hydrogens (tertiary/aromatic N) is 6. The number of aliphatic hydroxyl groups is 1. The van der Waals surface area contributed by atoms with Crippen LogP contribution in [0.5, 0.6) is 11.5 Å². The van der Waals surface area contributed by atoms with E-state index in [1.165, 1.54) is 23.4 Å². The third-order valence-corrected chi connectivity index (χ3v) is 16.2. The van der Waals surface area contributed by atoms with Crippen LogP contribution in [0.2, 0.25) is 0 Å². The fourth-order valence-corrected chi connectivity index (χ4v) is 11.0. The predicted molar refractivity (Wildman–Crippen MR) is 296 cm³/mol. The summed E-state index contributed by atoms with van der Waals surface area (Å²) < 4.78 is 36.4. The van der Waals surface area contributed by atoms with Crippen LogP contribution in [0.1, 0.15) is 103 Å². The summed E-state index contributed by atoms with van der Waals surface area (Å²) in [4.78, 5) is 79.4. The minimum Gasteiger partial charge on any atom is -0.395 e. The van der Waals surface area contributed by atoms with E-state index >= 15 is 0 Å². The molecular weight excluding hydrogens is 1030 g/mol. The summed E-state index contributed by atoms with van der Waals surface area (Å²) in [5.74, 6) is -0.804. The number of aliphatic imine (C=N–C) groups is 1. The number of alkyl halides is 2. The first-order valence-electron chi connectivity index (χ1n) is 27.2. The molecular formula is C60H66F2N10O8. The molecule has 5 aliphatic rings. The molecule has 5 amide bonds. The Morgan fingerprint density at radius 2 is 1.55 bits per heavy atom. The zero-order chi connectivity index (χ0) is 56.4. The van der Waals surface area contributed by atoms with Crippen LogP contribution in [-0.4, -0.2) is 131 Å². The van der Waals surface area contributed by atoms with Gasteiger partial charge in [0.25, 0.3) is 11.8 Å². The van der Waals surface area contributed by atoms with E-state index in [0.717, 1.165) is 22.3 Å². The van der Waals surface area contributed by atoms with Crippen molar-refractivity contribution in [3.63, 3.8) is 0 Å². The van der Waals surface area contributed by atoms with Crippen LogP contribution in [0.3, 0.4) is 0 Å². The third-order valence-electron chi connectivity index (χ3n) is 16.2. The number of fused-ring (bicyclic) bond motifs is 2. The smallest absolute Gasteiger partial charge is 0.395 e. The van der Waals surface area contributed by atoms with Gasteiger partial charge in [-0.3, -0.25) is 38.9 Å². The lowest BCUT2D eigenvalue weighted by atomic mass is 9.82. The van der Waals surface area contributed by atoms with Gasteiger partial charge in [-0.25, -0.2) is 4.98 Å². The van der Waals surface area contributed by atoms with Crippen LogP contribution in [0.25, 0.3) is 11.3 Å². The maximum Gasteiger partial charge on any atom is 0.586 e. The highest BCUT2D eigenvalue weighted by Gasteiger charge is 2.54. The molecule has 5 N–H and O–H groups in total. The number of anilines is 1. The van der Waals surface area contributed by atoms with Crippen LogP contribution in [-0.2, 0) is 36.7 Å². The molecule has 1 aromatic heterocycles. The molecule has 4 aromatic carbocycles. The number of ether oxygens (including phenoxy) is 2. The Morgan fingerprint density at radius 3 is 2.29 bits per heavy atom. The summed E-state index contributed by atoms with van der Waals surface area (Å²) in [6.07, 6.45) is 1.17. The zero-order valence-corrected chi connectivity index (χ0v) is 45.3. The van der Waals surface area contributed by atoms with Gasteiger partial charge in [-0.05, 0) is 116 Å². The number of likely N-dealkylation sites (tertiary alicyclic amines) is 1. The standard InChI is InChI=1S/C60H66F2N10O8/c1-38-15-22-48(68-56(77)59(23-24-59)45-20-21-46-47(33-45)80-60(61,62)79-46)67-51(38)42-13-10-14-43(32-42)54(75)65-28-9-8-27-64-49(73)35-63-34-40-16-18-44(19-17-40)57(3)53-52(69-70(57)4)55(76)72(37-66-53)36-58(78)25-29-71(30-26-58)50(74)31-39(2)41-11-6-5-7-12-41/h5-7,10-22,32-33,37,39,53,63,78H,8-9,23-31,34-36H2,1-4H3,(H,64,73)(H,65,75)(H,67,68,77)/t39-,53?,57?/m1/s1. The Morgan fingerprint density at radius 1 is 0.838 bits per heavy atom. The van der Waals surface area contributed by atoms with Gasteiger partial charge in [0.05, 0.1) is 36.1 Å². The lowest BCUT2D eigenvalue weighted by Crippen LogP contribution is -2.57. The monoisotopic (exact) mass is 1090 g/mol. The highest BCUT2D eigenvalue weighted by atomic mass is 19.3. The lowest BCUT2D eigenvalue weighted by Gasteiger charge is -2.41. The molecule has 10 rings (SSSR count). The van der Waals surface area contributed by atoms with E-state index in [4.69, 9.17) is 9.98 Å². The van der Waals surface area contributed by atoms with E-state index in [0.29, 0.717) is 112 Å². The molecule has 80 heavy (non-hydrogen) atoms. The number of halogens is 2. The summed E-state index contributed by atoms with van der Waals surface area (Å²) in [6.45, 7) is 8.18. The van der Waals surface area contributed by atoms with Gasteiger partial charge in [0.1, 0.15) is 17.4 Å². The molecule has 0 spiro atoms. The maximum atomic E-state index is 13.9. The number of carbonyl (C=O) groups excluding carboxylic acids is 5. The number of β-amino-alcohol motifs (C(OH)–C–C–N with tert-alkyl or cyclic N) is 1. The van der Waals surface area contributed by atoms with E-state index < -0.39 is 28.9 Å². The molecule has 5 heterocycles. The van der Waals surface area contributed by atoms with Crippen LogP contribution in [0, 0.1) is 6.92 Å². The van der Waals surface area contributed by atoms with E-state index in [9.17, 15) is 37.9 Å². The Labute approximate surface area is 463 Å². The molecule has 0 bridgehead atoms. The van der Waals surface area contributed by atoms with Crippen molar-refractivity contribution >= 4 is 47.4 Å². The maximum absolute atomic E-state index is 13.9. The van der Waals surface area contributed by atoms with Crippen molar-refractivity contribution in [3.05, 3.63) is 143 Å². The largest absolute Gasteiger partial charge is 0.586 e. The van der Waals surface area contributed by atoms with Gasteiger partial charge in [0.2, 0.25) is 17.7 Å². The van der Waals surface area contributed by atoms with Gasteiger partial charge < -0.3 is 40.7 Å². The average Bonchev–Trinajstić information content (AvgIpc) is 4.29. The first-order chi connectivity index (χ1) is 38.3. The molecule has 1 saturated carbocycles. The highest BCUT2D eigenvalue weighted by Crippen LogP contribution is 2.52. The van der Waals surface area contributed by atoms with Gasteiger partial charge in [0, 0.05) is 57.3 Å². The number of unbranched alkanes of at least 4 members (excludes halogenated alkanes) is 1. The summed E-state index contributed by atoms with van der Waals surface area (Å²) in [5.41, 5.74) is 3.52. The molecule has 4 aliphatic heterocycles. The number of hydrogen-bond acceptors (Lipinski definition) is 13. The normalized spacial score (nSPS) is 20.4. The number of aromatic nitrogens is 1.